The first kappa shape index (κ1) is 9.51. The molecule has 0 aliphatic rings. The zero-order valence-corrected chi connectivity index (χ0v) is 5.45. The Labute approximate surface area is 61.7 Å². The largest absolute Gasteiger partial charge is 0.412 e. The molecule has 0 unspecified atom stereocenters. The van der Waals surface area contributed by atoms with Gasteiger partial charge in [-0.2, -0.15) is 0 Å². The second kappa shape index (κ2) is 3.62. The standard InChI is InChI=1S/C6H4FNO2.H2O/c7-5-2-1-3-6(4-5)8(9)10;/h1-4H;1H2. The van der Waals surface area contributed by atoms with Crippen molar-refractivity contribution in [2.45, 2.75) is 0 Å². The van der Waals surface area contributed by atoms with E-state index in [4.69, 9.17) is 0 Å². The van der Waals surface area contributed by atoms with E-state index in [2.05, 4.69) is 0 Å². The molecule has 0 saturated carbocycles. The van der Waals surface area contributed by atoms with Crippen molar-refractivity contribution in [2.24, 2.45) is 0 Å². The van der Waals surface area contributed by atoms with Crippen molar-refractivity contribution in [2.75, 3.05) is 0 Å². The van der Waals surface area contributed by atoms with Gasteiger partial charge in [0.05, 0.1) is 11.0 Å². The minimum absolute atomic E-state index is 0. The van der Waals surface area contributed by atoms with Crippen LogP contribution in [0.5, 0.6) is 0 Å². The average Bonchev–Trinajstić information content (AvgIpc) is 1.88. The Kier molecular flexibility index (Phi) is 3.13. The Morgan fingerprint density at radius 3 is 2.45 bits per heavy atom. The molecule has 0 heterocycles. The van der Waals surface area contributed by atoms with Gasteiger partial charge < -0.3 is 5.48 Å². The van der Waals surface area contributed by atoms with E-state index in [1.165, 1.54) is 12.1 Å². The van der Waals surface area contributed by atoms with Gasteiger partial charge >= 0.3 is 0 Å². The van der Waals surface area contributed by atoms with E-state index in [1.54, 1.807) is 0 Å². The third-order valence-corrected chi connectivity index (χ3v) is 1.02. The second-order valence-corrected chi connectivity index (χ2v) is 1.74. The van der Waals surface area contributed by atoms with Crippen LogP contribution >= 0.6 is 0 Å². The van der Waals surface area contributed by atoms with Crippen LogP contribution in [0.15, 0.2) is 24.3 Å². The summed E-state index contributed by atoms with van der Waals surface area (Å²) in [6.07, 6.45) is 0. The number of benzene rings is 1. The lowest BCUT2D eigenvalue weighted by Crippen LogP contribution is -1.87. The van der Waals surface area contributed by atoms with Gasteiger partial charge in [-0.15, -0.1) is 0 Å². The van der Waals surface area contributed by atoms with Gasteiger partial charge in [-0.05, 0) is 6.07 Å². The van der Waals surface area contributed by atoms with Gasteiger partial charge in [0, 0.05) is 6.07 Å². The second-order valence-electron chi connectivity index (χ2n) is 1.74. The predicted molar refractivity (Wildman–Crippen MR) is 36.7 cm³/mol. The fraction of sp³-hybridized carbons (Fsp3) is 0. The van der Waals surface area contributed by atoms with Crippen LogP contribution in [0.25, 0.3) is 0 Å². The number of halogens is 1. The summed E-state index contributed by atoms with van der Waals surface area (Å²) in [4.78, 5) is 9.36. The number of nitrogens with zero attached hydrogens (tertiary/aromatic N) is 1. The quantitative estimate of drug-likeness (QED) is 0.451. The molecule has 0 aromatic heterocycles. The smallest absolute Gasteiger partial charge is 0.272 e. The van der Waals surface area contributed by atoms with E-state index in [0.29, 0.717) is 0 Å². The summed E-state index contributed by atoms with van der Waals surface area (Å²) in [5.41, 5.74) is -0.222. The summed E-state index contributed by atoms with van der Waals surface area (Å²) in [5, 5.41) is 9.99. The van der Waals surface area contributed by atoms with Gasteiger partial charge in [-0.25, -0.2) is 4.39 Å². The highest BCUT2D eigenvalue weighted by atomic mass is 19.1. The Balaban J connectivity index is 0.000001000. The number of non-ortho nitro benzene ring substituents is 1. The number of rotatable bonds is 1. The fourth-order valence-corrected chi connectivity index (χ4v) is 0.590. The van der Waals surface area contributed by atoms with E-state index in [9.17, 15) is 14.5 Å². The maximum atomic E-state index is 12.2. The van der Waals surface area contributed by atoms with Crippen molar-refractivity contribution in [1.29, 1.82) is 0 Å². The van der Waals surface area contributed by atoms with Crippen LogP contribution in [-0.4, -0.2) is 10.4 Å². The first-order valence-electron chi connectivity index (χ1n) is 2.60. The molecular formula is C6H6FNO3. The minimum Gasteiger partial charge on any atom is -0.412 e. The number of nitro benzene ring substituents is 1. The third kappa shape index (κ3) is 2.30. The van der Waals surface area contributed by atoms with E-state index in [1.807, 2.05) is 0 Å². The van der Waals surface area contributed by atoms with Crippen LogP contribution in [0.1, 0.15) is 0 Å². The Morgan fingerprint density at radius 2 is 2.09 bits per heavy atom. The highest BCUT2D eigenvalue weighted by molar-refractivity contribution is 5.29. The summed E-state index contributed by atoms with van der Waals surface area (Å²) in [6.45, 7) is 0. The molecule has 0 saturated heterocycles. The lowest BCUT2D eigenvalue weighted by molar-refractivity contribution is -0.385. The molecule has 4 nitrogen and oxygen atoms in total. The first-order valence-corrected chi connectivity index (χ1v) is 2.60. The predicted octanol–water partition coefficient (Wildman–Crippen LogP) is 0.909. The molecule has 0 aliphatic carbocycles. The first-order chi connectivity index (χ1) is 4.70. The summed E-state index contributed by atoms with van der Waals surface area (Å²) in [5.74, 6) is -0.589. The highest BCUT2D eigenvalue weighted by Gasteiger charge is 2.03. The van der Waals surface area contributed by atoms with Crippen LogP contribution in [0.3, 0.4) is 0 Å². The summed E-state index contributed by atoms with van der Waals surface area (Å²) in [6, 6.07) is 4.57. The third-order valence-electron chi connectivity index (χ3n) is 1.02. The van der Waals surface area contributed by atoms with Crippen LogP contribution in [0.4, 0.5) is 10.1 Å². The van der Waals surface area contributed by atoms with Crippen LogP contribution in [0.2, 0.25) is 0 Å². The van der Waals surface area contributed by atoms with Crippen LogP contribution in [-0.2, 0) is 0 Å². The van der Waals surface area contributed by atoms with E-state index in [0.717, 1.165) is 12.1 Å². The Hall–Kier alpha value is -1.49. The number of nitro groups is 1. The number of hydrogen-bond donors (Lipinski definition) is 0. The van der Waals surface area contributed by atoms with Gasteiger partial charge in [0.2, 0.25) is 0 Å². The molecule has 1 rings (SSSR count). The van der Waals surface area contributed by atoms with Crippen LogP contribution in [0, 0.1) is 15.9 Å². The van der Waals surface area contributed by atoms with Gasteiger partial charge in [-0.1, -0.05) is 6.07 Å². The van der Waals surface area contributed by atoms with Gasteiger partial charge in [0.15, 0.2) is 0 Å². The van der Waals surface area contributed by atoms with Crippen LogP contribution < -0.4 is 0 Å². The average molecular weight is 159 g/mol. The molecule has 1 aromatic carbocycles. The molecule has 0 amide bonds. The monoisotopic (exact) mass is 159 g/mol. The molecule has 11 heavy (non-hydrogen) atoms. The van der Waals surface area contributed by atoms with E-state index < -0.39 is 10.7 Å². The molecule has 0 radical (unpaired) electrons. The molecular weight excluding hydrogens is 153 g/mol. The van der Waals surface area contributed by atoms with Gasteiger partial charge in [0.25, 0.3) is 5.69 Å². The zero-order chi connectivity index (χ0) is 7.56. The topological polar surface area (TPSA) is 74.6 Å². The molecule has 1 aromatic rings. The van der Waals surface area contributed by atoms with Crippen molar-refractivity contribution in [3.05, 3.63) is 40.2 Å². The minimum atomic E-state index is -0.636. The van der Waals surface area contributed by atoms with E-state index in [-0.39, 0.29) is 11.2 Å². The maximum absolute atomic E-state index is 12.2. The molecule has 0 spiro atoms. The lowest BCUT2D eigenvalue weighted by atomic mass is 10.3. The molecule has 0 atom stereocenters. The molecule has 5 heteroatoms. The van der Waals surface area contributed by atoms with E-state index >= 15 is 0 Å². The molecule has 0 bridgehead atoms. The highest BCUT2D eigenvalue weighted by Crippen LogP contribution is 2.10. The summed E-state index contributed by atoms with van der Waals surface area (Å²) < 4.78 is 12.2. The number of hydrogen-bond acceptors (Lipinski definition) is 2. The van der Waals surface area contributed by atoms with Crippen molar-refractivity contribution >= 4 is 5.69 Å². The lowest BCUT2D eigenvalue weighted by Gasteiger charge is -1.88. The normalized spacial score (nSPS) is 8.45. The Bertz CT molecular complexity index is 264. The van der Waals surface area contributed by atoms with Crippen molar-refractivity contribution < 1.29 is 14.8 Å². The zero-order valence-electron chi connectivity index (χ0n) is 5.45. The summed E-state index contributed by atoms with van der Waals surface area (Å²) in [7, 11) is 0. The molecule has 0 fully saturated rings. The molecule has 2 N–H and O–H groups in total. The molecule has 60 valence electrons. The van der Waals surface area contributed by atoms with Gasteiger partial charge in [-0.3, -0.25) is 10.1 Å². The van der Waals surface area contributed by atoms with Crippen molar-refractivity contribution in [3.63, 3.8) is 0 Å². The SMILES string of the molecule is O.O=[N+]([O-])c1cccc(F)c1. The molecule has 0 aliphatic heterocycles. The van der Waals surface area contributed by atoms with Crippen molar-refractivity contribution in [1.82, 2.24) is 0 Å². The fourth-order valence-electron chi connectivity index (χ4n) is 0.590. The Morgan fingerprint density at radius 1 is 1.45 bits per heavy atom. The maximum Gasteiger partial charge on any atom is 0.272 e. The summed E-state index contributed by atoms with van der Waals surface area (Å²) >= 11 is 0. The van der Waals surface area contributed by atoms with Gasteiger partial charge in [0.1, 0.15) is 5.82 Å². The van der Waals surface area contributed by atoms with Crippen molar-refractivity contribution in [3.8, 4) is 0 Å².